The van der Waals surface area contributed by atoms with Gasteiger partial charge in [0.2, 0.25) is 0 Å². The number of carbonyl (C=O) groups is 1. The van der Waals surface area contributed by atoms with E-state index < -0.39 is 0 Å². The first kappa shape index (κ1) is 18.1. The second kappa shape index (κ2) is 7.39. The highest BCUT2D eigenvalue weighted by Crippen LogP contribution is 2.37. The minimum atomic E-state index is 0.122. The fraction of sp³-hybridized carbons (Fsp3) is 0.318. The van der Waals surface area contributed by atoms with Gasteiger partial charge in [-0.05, 0) is 66.4 Å². The van der Waals surface area contributed by atoms with Gasteiger partial charge in [-0.25, -0.2) is 0 Å². The van der Waals surface area contributed by atoms with Crippen molar-refractivity contribution in [1.82, 2.24) is 9.47 Å². The van der Waals surface area contributed by atoms with Crippen LogP contribution in [-0.4, -0.2) is 35.6 Å². The average molecular weight is 427 g/mol. The molecule has 2 heterocycles. The quantitative estimate of drug-likeness (QED) is 0.566. The van der Waals surface area contributed by atoms with Crippen LogP contribution in [0.2, 0.25) is 0 Å². The summed E-state index contributed by atoms with van der Waals surface area (Å²) in [5, 5.41) is 0.937. The Kier molecular flexibility index (Phi) is 4.96. The number of methoxy groups -OCH3 is 1. The summed E-state index contributed by atoms with van der Waals surface area (Å²) in [6.45, 7) is 3.71. The van der Waals surface area contributed by atoms with Gasteiger partial charge in [0, 0.05) is 29.9 Å². The Balaban J connectivity index is 1.97. The number of piperidine rings is 1. The zero-order valence-electron chi connectivity index (χ0n) is 15.7. The standard InChI is InChI=1S/C22H23BrN2O2/c1-15-21(22(26)24-11-7-4-8-12-24)17-13-20(27-2)18(23)14-19(17)25(15)16-9-5-3-6-10-16/h3,5-6,9-10,13-14H,4,7-8,11-12H2,1-2H3. The molecule has 140 valence electrons. The summed E-state index contributed by atoms with van der Waals surface area (Å²) < 4.78 is 8.55. The van der Waals surface area contributed by atoms with E-state index in [-0.39, 0.29) is 5.91 Å². The largest absolute Gasteiger partial charge is 0.496 e. The van der Waals surface area contributed by atoms with E-state index in [0.717, 1.165) is 64.0 Å². The number of para-hydroxylation sites is 1. The van der Waals surface area contributed by atoms with Crippen LogP contribution in [0.15, 0.2) is 46.9 Å². The van der Waals surface area contributed by atoms with E-state index in [1.807, 2.05) is 42.2 Å². The van der Waals surface area contributed by atoms with Crippen LogP contribution in [-0.2, 0) is 0 Å². The molecule has 0 spiro atoms. The number of benzene rings is 2. The third-order valence-corrected chi connectivity index (χ3v) is 5.97. The molecular weight excluding hydrogens is 404 g/mol. The number of hydrogen-bond acceptors (Lipinski definition) is 2. The highest BCUT2D eigenvalue weighted by Gasteiger charge is 2.26. The molecule has 1 saturated heterocycles. The lowest BCUT2D eigenvalue weighted by molar-refractivity contribution is 0.0725. The van der Waals surface area contributed by atoms with E-state index in [0.29, 0.717) is 0 Å². The number of halogens is 1. The number of fused-ring (bicyclic) bond motifs is 1. The second-order valence-electron chi connectivity index (χ2n) is 6.99. The monoisotopic (exact) mass is 426 g/mol. The Hall–Kier alpha value is -2.27. The Morgan fingerprint density at radius 2 is 1.78 bits per heavy atom. The minimum absolute atomic E-state index is 0.122. The van der Waals surface area contributed by atoms with Crippen LogP contribution >= 0.6 is 15.9 Å². The summed E-state index contributed by atoms with van der Waals surface area (Å²) in [4.78, 5) is 15.4. The molecule has 0 aliphatic carbocycles. The fourth-order valence-corrected chi connectivity index (χ4v) is 4.50. The lowest BCUT2D eigenvalue weighted by Crippen LogP contribution is -2.35. The van der Waals surface area contributed by atoms with E-state index in [1.54, 1.807) is 7.11 Å². The SMILES string of the molecule is COc1cc2c(C(=O)N3CCCCC3)c(C)n(-c3ccccc3)c2cc1Br. The van der Waals surface area contributed by atoms with Gasteiger partial charge in [0.05, 0.1) is 22.7 Å². The molecule has 5 heteroatoms. The first-order chi connectivity index (χ1) is 13.1. The number of carbonyl (C=O) groups excluding carboxylic acids is 1. The summed E-state index contributed by atoms with van der Waals surface area (Å²) in [6, 6.07) is 14.2. The Morgan fingerprint density at radius 3 is 2.44 bits per heavy atom. The summed E-state index contributed by atoms with van der Waals surface area (Å²) >= 11 is 3.60. The van der Waals surface area contributed by atoms with Gasteiger partial charge in [-0.3, -0.25) is 4.79 Å². The summed E-state index contributed by atoms with van der Waals surface area (Å²) in [5.41, 5.74) is 3.80. The molecule has 1 amide bonds. The predicted octanol–water partition coefficient (Wildman–Crippen LogP) is 5.34. The highest BCUT2D eigenvalue weighted by atomic mass is 79.9. The maximum absolute atomic E-state index is 13.4. The first-order valence-corrected chi connectivity index (χ1v) is 10.1. The van der Waals surface area contributed by atoms with Crippen LogP contribution in [0, 0.1) is 6.92 Å². The minimum Gasteiger partial charge on any atom is -0.496 e. The number of hydrogen-bond donors (Lipinski definition) is 0. The second-order valence-corrected chi connectivity index (χ2v) is 7.84. The van der Waals surface area contributed by atoms with Gasteiger partial charge in [0.25, 0.3) is 5.91 Å². The first-order valence-electron chi connectivity index (χ1n) is 9.35. The third kappa shape index (κ3) is 3.14. The smallest absolute Gasteiger partial charge is 0.256 e. The normalized spacial score (nSPS) is 14.6. The van der Waals surface area contributed by atoms with Crippen molar-refractivity contribution in [3.63, 3.8) is 0 Å². The van der Waals surface area contributed by atoms with Gasteiger partial charge in [-0.1, -0.05) is 18.2 Å². The maximum atomic E-state index is 13.4. The summed E-state index contributed by atoms with van der Waals surface area (Å²) in [5.74, 6) is 0.858. The molecule has 2 aromatic carbocycles. The molecule has 27 heavy (non-hydrogen) atoms. The van der Waals surface area contributed by atoms with Crippen molar-refractivity contribution in [2.24, 2.45) is 0 Å². The molecule has 0 radical (unpaired) electrons. The topological polar surface area (TPSA) is 34.5 Å². The number of rotatable bonds is 3. The molecule has 4 nitrogen and oxygen atoms in total. The van der Waals surface area contributed by atoms with Crippen LogP contribution in [0.5, 0.6) is 5.75 Å². The van der Waals surface area contributed by atoms with Gasteiger partial charge < -0.3 is 14.2 Å². The van der Waals surface area contributed by atoms with E-state index in [2.05, 4.69) is 32.6 Å². The molecule has 1 fully saturated rings. The highest BCUT2D eigenvalue weighted by molar-refractivity contribution is 9.10. The fourth-order valence-electron chi connectivity index (χ4n) is 4.01. The number of nitrogens with zero attached hydrogens (tertiary/aromatic N) is 2. The lowest BCUT2D eigenvalue weighted by atomic mass is 10.1. The Labute approximate surface area is 167 Å². The van der Waals surface area contributed by atoms with Crippen LogP contribution in [0.1, 0.15) is 35.3 Å². The van der Waals surface area contributed by atoms with Crippen LogP contribution < -0.4 is 4.74 Å². The van der Waals surface area contributed by atoms with Gasteiger partial charge in [-0.15, -0.1) is 0 Å². The van der Waals surface area contributed by atoms with Crippen molar-refractivity contribution >= 4 is 32.7 Å². The van der Waals surface area contributed by atoms with Gasteiger partial charge >= 0.3 is 0 Å². The van der Waals surface area contributed by atoms with Crippen molar-refractivity contribution in [2.75, 3.05) is 20.2 Å². The maximum Gasteiger partial charge on any atom is 0.256 e. The number of ether oxygens (including phenoxy) is 1. The molecule has 1 aliphatic heterocycles. The Bertz CT molecular complexity index is 989. The van der Waals surface area contributed by atoms with Crippen LogP contribution in [0.4, 0.5) is 0 Å². The van der Waals surface area contributed by atoms with Gasteiger partial charge in [0.1, 0.15) is 5.75 Å². The van der Waals surface area contributed by atoms with Crippen molar-refractivity contribution in [3.05, 3.63) is 58.2 Å². The molecule has 3 aromatic rings. The van der Waals surface area contributed by atoms with E-state index in [9.17, 15) is 4.79 Å². The molecule has 1 aromatic heterocycles. The molecule has 4 rings (SSSR count). The van der Waals surface area contributed by atoms with Crippen molar-refractivity contribution in [2.45, 2.75) is 26.2 Å². The molecule has 1 aliphatic rings. The van der Waals surface area contributed by atoms with Crippen LogP contribution in [0.25, 0.3) is 16.6 Å². The van der Waals surface area contributed by atoms with E-state index >= 15 is 0 Å². The van der Waals surface area contributed by atoms with Gasteiger partial charge in [-0.2, -0.15) is 0 Å². The molecular formula is C22H23BrN2O2. The van der Waals surface area contributed by atoms with Crippen molar-refractivity contribution < 1.29 is 9.53 Å². The zero-order valence-corrected chi connectivity index (χ0v) is 17.3. The van der Waals surface area contributed by atoms with Crippen molar-refractivity contribution in [3.8, 4) is 11.4 Å². The predicted molar refractivity (Wildman–Crippen MR) is 112 cm³/mol. The molecule has 0 N–H and O–H groups in total. The lowest BCUT2D eigenvalue weighted by Gasteiger charge is -2.27. The summed E-state index contributed by atoms with van der Waals surface area (Å²) in [7, 11) is 1.65. The van der Waals surface area contributed by atoms with Gasteiger partial charge in [0.15, 0.2) is 0 Å². The zero-order chi connectivity index (χ0) is 19.0. The number of aromatic nitrogens is 1. The molecule has 0 unspecified atom stereocenters. The Morgan fingerprint density at radius 1 is 1.07 bits per heavy atom. The van der Waals surface area contributed by atoms with Crippen LogP contribution in [0.3, 0.4) is 0 Å². The van der Waals surface area contributed by atoms with Crippen molar-refractivity contribution in [1.29, 1.82) is 0 Å². The van der Waals surface area contributed by atoms with E-state index in [4.69, 9.17) is 4.74 Å². The van der Waals surface area contributed by atoms with E-state index in [1.165, 1.54) is 6.42 Å². The molecule has 0 saturated carbocycles. The average Bonchev–Trinajstić information content (AvgIpc) is 2.98. The molecule has 0 atom stereocenters. The molecule has 0 bridgehead atoms. The summed E-state index contributed by atoms with van der Waals surface area (Å²) in [6.07, 6.45) is 3.36. The third-order valence-electron chi connectivity index (χ3n) is 5.35. The number of amides is 1. The number of likely N-dealkylation sites (tertiary alicyclic amines) is 1.